The van der Waals surface area contributed by atoms with Crippen molar-refractivity contribution in [3.8, 4) is 11.5 Å². The number of carbonyl (C=O) groups is 1. The van der Waals surface area contributed by atoms with Crippen molar-refractivity contribution >= 4 is 11.6 Å². The third kappa shape index (κ3) is 4.54. The maximum atomic E-state index is 12.5. The summed E-state index contributed by atoms with van der Waals surface area (Å²) in [5, 5.41) is 0. The highest BCUT2D eigenvalue weighted by molar-refractivity contribution is 5.83. The third-order valence-electron chi connectivity index (χ3n) is 4.60. The van der Waals surface area contributed by atoms with E-state index in [2.05, 4.69) is 21.9 Å². The minimum absolute atomic E-state index is 0.145. The summed E-state index contributed by atoms with van der Waals surface area (Å²) < 4.78 is 5.87. The zero-order valence-corrected chi connectivity index (χ0v) is 14.7. The number of nitrogens with zero attached hydrogens (tertiary/aromatic N) is 3. The minimum Gasteiger partial charge on any atom is -0.455 e. The average molecular weight is 340 g/mol. The zero-order valence-electron chi connectivity index (χ0n) is 14.7. The Morgan fingerprint density at radius 1 is 1.32 bits per heavy atom. The summed E-state index contributed by atoms with van der Waals surface area (Å²) in [6.07, 6.45) is 3.89. The Hall–Kier alpha value is -2.47. The van der Waals surface area contributed by atoms with Gasteiger partial charge in [0, 0.05) is 24.6 Å². The van der Waals surface area contributed by atoms with E-state index in [1.54, 1.807) is 24.4 Å². The number of aromatic nitrogens is 2. The number of ether oxygens (including phenoxy) is 1. The fourth-order valence-corrected chi connectivity index (χ4v) is 3.07. The highest BCUT2D eigenvalue weighted by atomic mass is 16.5. The average Bonchev–Trinajstić information content (AvgIpc) is 2.58. The molecular weight excluding hydrogens is 316 g/mol. The number of piperidine rings is 1. The van der Waals surface area contributed by atoms with Gasteiger partial charge in [-0.2, -0.15) is 0 Å². The zero-order chi connectivity index (χ0) is 17.8. The number of anilines is 1. The van der Waals surface area contributed by atoms with Crippen LogP contribution < -0.4 is 10.5 Å². The predicted molar refractivity (Wildman–Crippen MR) is 96.6 cm³/mol. The number of hydrogen-bond acceptors (Lipinski definition) is 6. The first-order valence-corrected chi connectivity index (χ1v) is 8.58. The highest BCUT2D eigenvalue weighted by Gasteiger charge is 2.23. The lowest BCUT2D eigenvalue weighted by Crippen LogP contribution is -2.34. The monoisotopic (exact) mass is 340 g/mol. The number of nitrogen functional groups attached to an aromatic ring is 1. The molecule has 2 N–H and O–H groups in total. The Morgan fingerprint density at radius 2 is 2.08 bits per heavy atom. The molecule has 3 heterocycles. The van der Waals surface area contributed by atoms with Crippen molar-refractivity contribution in [2.45, 2.75) is 26.2 Å². The SMILES string of the molecule is Cc1nc(N)ccc1Oc1ccnc(CC(=O)C2CCN(C)CC2)c1. The summed E-state index contributed by atoms with van der Waals surface area (Å²) in [7, 11) is 2.09. The fraction of sp³-hybridized carbons (Fsp3) is 0.421. The molecule has 1 aliphatic rings. The van der Waals surface area contributed by atoms with Crippen molar-refractivity contribution < 1.29 is 9.53 Å². The third-order valence-corrected chi connectivity index (χ3v) is 4.60. The Kier molecular flexibility index (Phi) is 5.28. The molecule has 0 aliphatic carbocycles. The van der Waals surface area contributed by atoms with Gasteiger partial charge in [0.25, 0.3) is 0 Å². The molecule has 132 valence electrons. The van der Waals surface area contributed by atoms with Gasteiger partial charge in [0.05, 0.1) is 11.4 Å². The van der Waals surface area contributed by atoms with Crippen LogP contribution in [0.15, 0.2) is 30.5 Å². The number of carbonyl (C=O) groups excluding carboxylic acids is 1. The second-order valence-electron chi connectivity index (χ2n) is 6.63. The predicted octanol–water partition coefficient (Wildman–Crippen LogP) is 2.61. The van der Waals surface area contributed by atoms with Crippen molar-refractivity contribution in [1.29, 1.82) is 0 Å². The lowest BCUT2D eigenvalue weighted by molar-refractivity contribution is -0.123. The number of aryl methyl sites for hydroxylation is 1. The van der Waals surface area contributed by atoms with Crippen molar-refractivity contribution in [1.82, 2.24) is 14.9 Å². The van der Waals surface area contributed by atoms with Crippen LogP contribution in [-0.2, 0) is 11.2 Å². The molecule has 6 heteroatoms. The van der Waals surface area contributed by atoms with Gasteiger partial charge in [-0.05, 0) is 58.1 Å². The molecule has 2 aromatic rings. The normalized spacial score (nSPS) is 15.9. The Morgan fingerprint density at radius 3 is 2.80 bits per heavy atom. The van der Waals surface area contributed by atoms with Gasteiger partial charge < -0.3 is 15.4 Å². The van der Waals surface area contributed by atoms with Gasteiger partial charge in [-0.25, -0.2) is 4.98 Å². The van der Waals surface area contributed by atoms with E-state index in [-0.39, 0.29) is 11.7 Å². The molecule has 1 saturated heterocycles. The van der Waals surface area contributed by atoms with E-state index in [0.29, 0.717) is 23.7 Å². The number of Topliss-reactive ketones (excluding diaryl/α,β-unsaturated/α-hetero) is 1. The Bertz CT molecular complexity index is 755. The molecule has 0 unspecified atom stereocenters. The van der Waals surface area contributed by atoms with E-state index < -0.39 is 0 Å². The first kappa shape index (κ1) is 17.4. The van der Waals surface area contributed by atoms with E-state index in [4.69, 9.17) is 10.5 Å². The summed E-state index contributed by atoms with van der Waals surface area (Å²) in [6, 6.07) is 7.09. The van der Waals surface area contributed by atoms with Crippen LogP contribution in [0.2, 0.25) is 0 Å². The molecule has 0 amide bonds. The largest absolute Gasteiger partial charge is 0.455 e. The second-order valence-corrected chi connectivity index (χ2v) is 6.63. The lowest BCUT2D eigenvalue weighted by Gasteiger charge is -2.27. The standard InChI is InChI=1S/C19H24N4O2/c1-13-18(3-4-19(20)22-13)25-16-5-8-21-15(11-16)12-17(24)14-6-9-23(2)10-7-14/h3-5,8,11,14H,6-7,9-10,12H2,1-2H3,(H2,20,22). The smallest absolute Gasteiger partial charge is 0.148 e. The van der Waals surface area contributed by atoms with Gasteiger partial charge in [-0.1, -0.05) is 0 Å². The molecule has 1 aliphatic heterocycles. The number of rotatable bonds is 5. The number of hydrogen-bond donors (Lipinski definition) is 1. The van der Waals surface area contributed by atoms with Crippen molar-refractivity contribution in [3.05, 3.63) is 41.9 Å². The quantitative estimate of drug-likeness (QED) is 0.901. The van der Waals surface area contributed by atoms with Crippen molar-refractivity contribution in [2.24, 2.45) is 5.92 Å². The van der Waals surface area contributed by atoms with Crippen LogP contribution in [0.1, 0.15) is 24.2 Å². The topological polar surface area (TPSA) is 81.3 Å². The summed E-state index contributed by atoms with van der Waals surface area (Å²) >= 11 is 0. The van der Waals surface area contributed by atoms with Crippen LogP contribution >= 0.6 is 0 Å². The van der Waals surface area contributed by atoms with Crippen LogP contribution in [0.3, 0.4) is 0 Å². The number of ketones is 1. The van der Waals surface area contributed by atoms with Crippen LogP contribution in [0, 0.1) is 12.8 Å². The van der Waals surface area contributed by atoms with Crippen LogP contribution in [-0.4, -0.2) is 40.8 Å². The summed E-state index contributed by atoms with van der Waals surface area (Å²) in [6.45, 7) is 3.81. The van der Waals surface area contributed by atoms with E-state index in [1.807, 2.05) is 13.0 Å². The second kappa shape index (κ2) is 7.61. The molecular formula is C19H24N4O2. The Labute approximate surface area is 148 Å². The molecule has 0 saturated carbocycles. The summed E-state index contributed by atoms with van der Waals surface area (Å²) in [5.74, 6) is 2.17. The molecule has 2 aromatic heterocycles. The molecule has 0 bridgehead atoms. The maximum absolute atomic E-state index is 12.5. The molecule has 1 fully saturated rings. The maximum Gasteiger partial charge on any atom is 0.148 e. The molecule has 0 aromatic carbocycles. The van der Waals surface area contributed by atoms with Crippen molar-refractivity contribution in [3.63, 3.8) is 0 Å². The number of pyridine rings is 2. The number of nitrogens with two attached hydrogens (primary N) is 1. The Balaban J connectivity index is 1.66. The van der Waals surface area contributed by atoms with Gasteiger partial charge in [0.15, 0.2) is 0 Å². The number of likely N-dealkylation sites (tertiary alicyclic amines) is 1. The first-order valence-electron chi connectivity index (χ1n) is 8.58. The van der Waals surface area contributed by atoms with Crippen LogP contribution in [0.5, 0.6) is 11.5 Å². The van der Waals surface area contributed by atoms with Crippen molar-refractivity contribution in [2.75, 3.05) is 25.9 Å². The van der Waals surface area contributed by atoms with Gasteiger partial charge in [0.1, 0.15) is 23.1 Å². The molecule has 6 nitrogen and oxygen atoms in total. The molecule has 25 heavy (non-hydrogen) atoms. The molecule has 0 atom stereocenters. The molecule has 3 rings (SSSR count). The molecule has 0 spiro atoms. The van der Waals surface area contributed by atoms with Gasteiger partial charge in [0.2, 0.25) is 0 Å². The van der Waals surface area contributed by atoms with Crippen LogP contribution in [0.4, 0.5) is 5.82 Å². The summed E-state index contributed by atoms with van der Waals surface area (Å²) in [5.41, 5.74) is 7.12. The van der Waals surface area contributed by atoms with Crippen LogP contribution in [0.25, 0.3) is 0 Å². The van der Waals surface area contributed by atoms with Gasteiger partial charge in [-0.15, -0.1) is 0 Å². The van der Waals surface area contributed by atoms with E-state index >= 15 is 0 Å². The first-order chi connectivity index (χ1) is 12.0. The minimum atomic E-state index is 0.145. The van der Waals surface area contributed by atoms with Gasteiger partial charge in [-0.3, -0.25) is 9.78 Å². The fourth-order valence-electron chi connectivity index (χ4n) is 3.07. The summed E-state index contributed by atoms with van der Waals surface area (Å²) in [4.78, 5) is 23.3. The van der Waals surface area contributed by atoms with E-state index in [0.717, 1.165) is 37.3 Å². The lowest BCUT2D eigenvalue weighted by atomic mass is 9.90. The van der Waals surface area contributed by atoms with Gasteiger partial charge >= 0.3 is 0 Å². The highest BCUT2D eigenvalue weighted by Crippen LogP contribution is 2.25. The molecule has 0 radical (unpaired) electrons. The van der Waals surface area contributed by atoms with E-state index in [1.165, 1.54) is 0 Å². The van der Waals surface area contributed by atoms with E-state index in [9.17, 15) is 4.79 Å².